The first-order valence-corrected chi connectivity index (χ1v) is 8.51. The maximum absolute atomic E-state index is 12.1. The van der Waals surface area contributed by atoms with Gasteiger partial charge >= 0.3 is 12.0 Å². The first-order valence-electron chi connectivity index (χ1n) is 8.51. The molecular weight excluding hydrogens is 368 g/mol. The summed E-state index contributed by atoms with van der Waals surface area (Å²) < 4.78 is 20.7. The normalized spacial score (nSPS) is 10.3. The van der Waals surface area contributed by atoms with Gasteiger partial charge in [0, 0.05) is 0 Å². The van der Waals surface area contributed by atoms with Crippen LogP contribution in [-0.2, 0) is 16.1 Å². The third-order valence-electron chi connectivity index (χ3n) is 3.35. The Morgan fingerprint density at radius 1 is 1.14 bits per heavy atom. The van der Waals surface area contributed by atoms with Crippen LogP contribution < -0.4 is 20.1 Å². The van der Waals surface area contributed by atoms with Crippen molar-refractivity contribution in [1.82, 2.24) is 10.6 Å². The molecule has 0 spiro atoms. The molecule has 0 radical (unpaired) electrons. The Kier molecular flexibility index (Phi) is 7.44. The zero-order valence-corrected chi connectivity index (χ0v) is 15.8. The Balaban J connectivity index is 1.82. The van der Waals surface area contributed by atoms with Crippen LogP contribution in [0.1, 0.15) is 30.0 Å². The lowest BCUT2D eigenvalue weighted by atomic mass is 10.2. The Hall–Kier alpha value is -3.49. The standard InChI is InChI=1S/C19H22N2O7/c1-12(2)28-15-7-6-13(9-16(15)25-3)18(23)27-11-17(22)21-19(24)20-10-14-5-4-8-26-14/h4-9,12H,10-11H2,1-3H3,(H2,20,21,22,24). The fourth-order valence-corrected chi connectivity index (χ4v) is 2.15. The highest BCUT2D eigenvalue weighted by Gasteiger charge is 2.15. The number of carbonyl (C=O) groups is 3. The summed E-state index contributed by atoms with van der Waals surface area (Å²) >= 11 is 0. The monoisotopic (exact) mass is 390 g/mol. The van der Waals surface area contributed by atoms with E-state index in [-0.39, 0.29) is 18.2 Å². The fourth-order valence-electron chi connectivity index (χ4n) is 2.15. The molecule has 1 aromatic heterocycles. The van der Waals surface area contributed by atoms with Crippen LogP contribution in [-0.4, -0.2) is 37.7 Å². The van der Waals surface area contributed by atoms with E-state index in [0.29, 0.717) is 17.3 Å². The molecule has 1 heterocycles. The number of benzene rings is 1. The number of rotatable bonds is 8. The van der Waals surface area contributed by atoms with Crippen molar-refractivity contribution >= 4 is 17.9 Å². The van der Waals surface area contributed by atoms with Crippen molar-refractivity contribution in [3.63, 3.8) is 0 Å². The number of methoxy groups -OCH3 is 1. The second-order valence-electron chi connectivity index (χ2n) is 5.92. The largest absolute Gasteiger partial charge is 0.493 e. The van der Waals surface area contributed by atoms with Gasteiger partial charge in [-0.05, 0) is 44.2 Å². The van der Waals surface area contributed by atoms with Crippen LogP contribution in [0.25, 0.3) is 0 Å². The van der Waals surface area contributed by atoms with E-state index >= 15 is 0 Å². The van der Waals surface area contributed by atoms with Gasteiger partial charge in [0.05, 0.1) is 31.6 Å². The van der Waals surface area contributed by atoms with E-state index in [2.05, 4.69) is 5.32 Å². The molecule has 2 N–H and O–H groups in total. The second-order valence-corrected chi connectivity index (χ2v) is 5.92. The zero-order chi connectivity index (χ0) is 20.5. The molecule has 0 saturated heterocycles. The van der Waals surface area contributed by atoms with Crippen molar-refractivity contribution in [2.45, 2.75) is 26.5 Å². The predicted octanol–water partition coefficient (Wildman–Crippen LogP) is 2.26. The van der Waals surface area contributed by atoms with E-state index in [1.54, 1.807) is 18.2 Å². The molecule has 9 nitrogen and oxygen atoms in total. The summed E-state index contributed by atoms with van der Waals surface area (Å²) in [5.41, 5.74) is 0.183. The maximum Gasteiger partial charge on any atom is 0.338 e. The summed E-state index contributed by atoms with van der Waals surface area (Å²) in [5, 5.41) is 4.49. The summed E-state index contributed by atoms with van der Waals surface area (Å²) in [5.74, 6) is -0.115. The van der Waals surface area contributed by atoms with Gasteiger partial charge in [0.2, 0.25) is 0 Å². The molecule has 0 aliphatic heterocycles. The molecule has 150 valence electrons. The minimum Gasteiger partial charge on any atom is -0.493 e. The topological polar surface area (TPSA) is 116 Å². The minimum atomic E-state index is -0.767. The van der Waals surface area contributed by atoms with Crippen LogP contribution in [0.4, 0.5) is 4.79 Å². The fraction of sp³-hybridized carbons (Fsp3) is 0.316. The number of urea groups is 1. The molecule has 0 fully saturated rings. The molecule has 1 aromatic carbocycles. The van der Waals surface area contributed by atoms with Crippen molar-refractivity contribution in [2.24, 2.45) is 0 Å². The van der Waals surface area contributed by atoms with Crippen LogP contribution in [0.5, 0.6) is 11.5 Å². The van der Waals surface area contributed by atoms with Gasteiger partial charge < -0.3 is 23.9 Å². The van der Waals surface area contributed by atoms with Crippen LogP contribution in [0, 0.1) is 0 Å². The number of carbonyl (C=O) groups excluding carboxylic acids is 3. The lowest BCUT2D eigenvalue weighted by Gasteiger charge is -2.14. The van der Waals surface area contributed by atoms with E-state index in [1.807, 2.05) is 19.2 Å². The van der Waals surface area contributed by atoms with Crippen molar-refractivity contribution in [3.05, 3.63) is 47.9 Å². The number of ether oxygens (including phenoxy) is 3. The molecule has 0 bridgehead atoms. The summed E-state index contributed by atoms with van der Waals surface area (Å²) in [6.07, 6.45) is 1.41. The first-order chi connectivity index (χ1) is 13.4. The SMILES string of the molecule is COc1cc(C(=O)OCC(=O)NC(=O)NCc2ccco2)ccc1OC(C)C. The number of furan rings is 1. The third-order valence-corrected chi connectivity index (χ3v) is 3.35. The molecule has 2 rings (SSSR count). The van der Waals surface area contributed by atoms with Gasteiger partial charge in [0.25, 0.3) is 5.91 Å². The highest BCUT2D eigenvalue weighted by atomic mass is 16.5. The van der Waals surface area contributed by atoms with Gasteiger partial charge in [-0.15, -0.1) is 0 Å². The Morgan fingerprint density at radius 3 is 2.57 bits per heavy atom. The average molecular weight is 390 g/mol. The van der Waals surface area contributed by atoms with E-state index in [9.17, 15) is 14.4 Å². The number of amides is 3. The third kappa shape index (κ3) is 6.35. The summed E-state index contributed by atoms with van der Waals surface area (Å²) in [6.45, 7) is 3.24. The molecule has 0 aliphatic rings. The quantitative estimate of drug-likeness (QED) is 0.664. The van der Waals surface area contributed by atoms with Crippen LogP contribution >= 0.6 is 0 Å². The van der Waals surface area contributed by atoms with E-state index in [1.165, 1.54) is 25.5 Å². The summed E-state index contributed by atoms with van der Waals surface area (Å²) in [4.78, 5) is 35.5. The summed E-state index contributed by atoms with van der Waals surface area (Å²) in [6, 6.07) is 7.16. The maximum atomic E-state index is 12.1. The van der Waals surface area contributed by atoms with E-state index < -0.39 is 24.5 Å². The van der Waals surface area contributed by atoms with Gasteiger partial charge in [0.1, 0.15) is 5.76 Å². The molecule has 9 heteroatoms. The molecule has 28 heavy (non-hydrogen) atoms. The van der Waals surface area contributed by atoms with Gasteiger partial charge in [-0.25, -0.2) is 9.59 Å². The van der Waals surface area contributed by atoms with Crippen LogP contribution in [0.15, 0.2) is 41.0 Å². The first kappa shape index (κ1) is 20.8. The number of hydrogen-bond acceptors (Lipinski definition) is 7. The number of esters is 1. The number of nitrogens with one attached hydrogen (secondary N) is 2. The van der Waals surface area contributed by atoms with Crippen molar-refractivity contribution < 1.29 is 33.0 Å². The van der Waals surface area contributed by atoms with E-state index in [4.69, 9.17) is 18.6 Å². The van der Waals surface area contributed by atoms with Crippen molar-refractivity contribution in [1.29, 1.82) is 0 Å². The van der Waals surface area contributed by atoms with Gasteiger partial charge in [-0.2, -0.15) is 0 Å². The number of hydrogen-bond donors (Lipinski definition) is 2. The molecule has 2 aromatic rings. The van der Waals surface area contributed by atoms with Gasteiger partial charge in [0.15, 0.2) is 18.1 Å². The summed E-state index contributed by atoms with van der Waals surface area (Å²) in [7, 11) is 1.45. The number of imide groups is 1. The van der Waals surface area contributed by atoms with E-state index in [0.717, 1.165) is 0 Å². The lowest BCUT2D eigenvalue weighted by molar-refractivity contribution is -0.123. The van der Waals surface area contributed by atoms with Crippen LogP contribution in [0.2, 0.25) is 0 Å². The van der Waals surface area contributed by atoms with Crippen LogP contribution in [0.3, 0.4) is 0 Å². The Bertz CT molecular complexity index is 816. The Morgan fingerprint density at radius 2 is 1.93 bits per heavy atom. The molecule has 0 atom stereocenters. The smallest absolute Gasteiger partial charge is 0.338 e. The van der Waals surface area contributed by atoms with Crippen molar-refractivity contribution in [2.75, 3.05) is 13.7 Å². The molecule has 0 unspecified atom stereocenters. The van der Waals surface area contributed by atoms with Crippen molar-refractivity contribution in [3.8, 4) is 11.5 Å². The highest BCUT2D eigenvalue weighted by Crippen LogP contribution is 2.29. The average Bonchev–Trinajstić information content (AvgIpc) is 3.18. The van der Waals surface area contributed by atoms with Gasteiger partial charge in [-0.3, -0.25) is 10.1 Å². The predicted molar refractivity (Wildman–Crippen MR) is 98.1 cm³/mol. The molecule has 0 aliphatic carbocycles. The minimum absolute atomic E-state index is 0.0608. The van der Waals surface area contributed by atoms with Gasteiger partial charge in [-0.1, -0.05) is 0 Å². The molecular formula is C19H22N2O7. The molecule has 0 saturated carbocycles. The highest BCUT2D eigenvalue weighted by molar-refractivity contribution is 5.97. The second kappa shape index (κ2) is 10.0. The lowest BCUT2D eigenvalue weighted by Crippen LogP contribution is -2.41. The zero-order valence-electron chi connectivity index (χ0n) is 15.8. The Labute approximate surface area is 161 Å². The molecule has 3 amide bonds.